The lowest BCUT2D eigenvalue weighted by molar-refractivity contribution is -0.382. The van der Waals surface area contributed by atoms with Crippen molar-refractivity contribution >= 4 is 15.8 Å². The van der Waals surface area contributed by atoms with Crippen LogP contribution in [0.3, 0.4) is 0 Å². The number of ether oxygens (including phenoxy) is 1. The molecule has 0 amide bonds. The minimum absolute atomic E-state index is 0.421. The van der Waals surface area contributed by atoms with Crippen LogP contribution in [0.25, 0.3) is 0 Å². The quantitative estimate of drug-likeness (QED) is 0.376. The first-order valence-electron chi connectivity index (χ1n) is 5.81. The van der Waals surface area contributed by atoms with E-state index >= 15 is 0 Å². The Balaban J connectivity index is 6.01. The topological polar surface area (TPSA) is 72.5 Å². The van der Waals surface area contributed by atoms with E-state index in [-0.39, 0.29) is 0 Å². The number of alkyl halides is 9. The molecule has 0 aromatic rings. The zero-order valence-corrected chi connectivity index (χ0v) is 12.8. The number of carbonyl (C=O) groups is 1. The van der Waals surface area contributed by atoms with Crippen LogP contribution >= 0.6 is 0 Å². The van der Waals surface area contributed by atoms with Crippen molar-refractivity contribution in [2.24, 2.45) is 0 Å². The number of hydrogen-bond donors (Lipinski definition) is 1. The second kappa shape index (κ2) is 7.01. The van der Waals surface area contributed by atoms with E-state index in [1.807, 2.05) is 0 Å². The maximum absolute atomic E-state index is 13.5. The molecule has 0 radical (unpaired) electrons. The number of nitrogens with one attached hydrogen (secondary N) is 1. The van der Waals surface area contributed by atoms with E-state index in [1.54, 1.807) is 0 Å². The van der Waals surface area contributed by atoms with Crippen molar-refractivity contribution in [3.63, 3.8) is 0 Å². The second-order valence-electron chi connectivity index (χ2n) is 4.32. The smallest absolute Gasteiger partial charge is 0.460 e. The Labute approximate surface area is 134 Å². The average molecular weight is 411 g/mol. The van der Waals surface area contributed by atoms with Gasteiger partial charge in [0, 0.05) is 6.08 Å². The van der Waals surface area contributed by atoms with Crippen LogP contribution in [0.2, 0.25) is 0 Å². The van der Waals surface area contributed by atoms with Gasteiger partial charge in [-0.05, 0) is 7.05 Å². The Kier molecular flexibility index (Phi) is 6.59. The number of halogens is 9. The fourth-order valence-corrected chi connectivity index (χ4v) is 2.66. The number of esters is 1. The summed E-state index contributed by atoms with van der Waals surface area (Å²) in [5, 5.41) is -8.33. The van der Waals surface area contributed by atoms with Crippen LogP contribution in [-0.4, -0.2) is 56.7 Å². The molecule has 0 aliphatic rings. The molecule has 1 atom stereocenters. The summed E-state index contributed by atoms with van der Waals surface area (Å²) >= 11 is 0. The van der Waals surface area contributed by atoms with E-state index in [1.165, 1.54) is 5.32 Å². The van der Waals surface area contributed by atoms with Gasteiger partial charge in [-0.25, -0.2) is 13.2 Å². The molecule has 0 spiro atoms. The van der Waals surface area contributed by atoms with Crippen molar-refractivity contribution in [2.75, 3.05) is 13.7 Å². The molecule has 0 aliphatic carbocycles. The molecular weight excluding hydrogens is 401 g/mol. The minimum Gasteiger partial charge on any atom is -0.460 e. The molecular formula is C10H10F9NO4S. The molecule has 15 heteroatoms. The Hall–Kier alpha value is -1.51. The molecule has 5 nitrogen and oxygen atoms in total. The van der Waals surface area contributed by atoms with Gasteiger partial charge in [-0.15, -0.1) is 0 Å². The highest BCUT2D eigenvalue weighted by atomic mass is 32.2. The van der Waals surface area contributed by atoms with Crippen LogP contribution in [-0.2, 0) is 19.4 Å². The summed E-state index contributed by atoms with van der Waals surface area (Å²) in [4.78, 5) is 10.7. The Morgan fingerprint density at radius 2 is 1.52 bits per heavy atom. The lowest BCUT2D eigenvalue weighted by Gasteiger charge is -2.34. The van der Waals surface area contributed by atoms with Crippen LogP contribution in [0.5, 0.6) is 0 Å². The number of rotatable bonds is 8. The van der Waals surface area contributed by atoms with Gasteiger partial charge >= 0.3 is 29.2 Å². The van der Waals surface area contributed by atoms with E-state index in [4.69, 9.17) is 0 Å². The monoisotopic (exact) mass is 411 g/mol. The summed E-state index contributed by atoms with van der Waals surface area (Å²) < 4.78 is 142. The van der Waals surface area contributed by atoms with Crippen LogP contribution in [0.15, 0.2) is 12.7 Å². The molecule has 148 valence electrons. The second-order valence-corrected chi connectivity index (χ2v) is 6.49. The van der Waals surface area contributed by atoms with Crippen molar-refractivity contribution < 1.29 is 57.5 Å². The summed E-state index contributed by atoms with van der Waals surface area (Å²) in [5.41, 5.74) is 0. The first kappa shape index (κ1) is 23.5. The maximum Gasteiger partial charge on any atom is 0.460 e. The summed E-state index contributed by atoms with van der Waals surface area (Å²) in [6, 6.07) is 0. The summed E-state index contributed by atoms with van der Waals surface area (Å²) in [6.45, 7) is 1.25. The van der Waals surface area contributed by atoms with Crippen molar-refractivity contribution in [1.29, 1.82) is 0 Å². The molecule has 0 aromatic heterocycles. The van der Waals surface area contributed by atoms with Crippen LogP contribution in [0.4, 0.5) is 39.5 Å². The Morgan fingerprint density at radius 3 is 1.84 bits per heavy atom. The highest BCUT2D eigenvalue weighted by molar-refractivity contribution is 7.93. The minimum atomic E-state index is -7.37. The molecule has 0 aliphatic heterocycles. The number of carbonyl (C=O) groups excluding carboxylic acids is 1. The van der Waals surface area contributed by atoms with E-state index in [2.05, 4.69) is 11.3 Å². The number of hydrogen-bond acceptors (Lipinski definition) is 5. The van der Waals surface area contributed by atoms with Gasteiger partial charge in [-0.1, -0.05) is 6.58 Å². The highest BCUT2D eigenvalue weighted by Crippen LogP contribution is 2.55. The zero-order chi connectivity index (χ0) is 20.5. The Bertz CT molecular complexity index is 614. The number of likely N-dealkylation sites (N-methyl/N-ethyl adjacent to an activating group) is 1. The first-order valence-corrected chi connectivity index (χ1v) is 7.36. The van der Waals surface area contributed by atoms with Crippen molar-refractivity contribution in [2.45, 2.75) is 28.6 Å². The third-order valence-electron chi connectivity index (χ3n) is 2.71. The van der Waals surface area contributed by atoms with Gasteiger partial charge in [0.2, 0.25) is 9.84 Å². The van der Waals surface area contributed by atoms with Crippen molar-refractivity contribution in [3.8, 4) is 0 Å². The van der Waals surface area contributed by atoms with E-state index in [9.17, 15) is 52.7 Å². The zero-order valence-electron chi connectivity index (χ0n) is 12.0. The molecule has 25 heavy (non-hydrogen) atoms. The van der Waals surface area contributed by atoms with Crippen molar-refractivity contribution in [1.82, 2.24) is 5.32 Å². The maximum atomic E-state index is 13.5. The predicted octanol–water partition coefficient (Wildman–Crippen LogP) is 2.10. The fourth-order valence-electron chi connectivity index (χ4n) is 1.26. The van der Waals surface area contributed by atoms with Gasteiger partial charge in [-0.3, -0.25) is 0 Å². The van der Waals surface area contributed by atoms with Gasteiger partial charge in [0.1, 0.15) is 6.61 Å². The normalized spacial score (nSPS) is 15.6. The molecule has 0 bridgehead atoms. The lowest BCUT2D eigenvalue weighted by Crippen LogP contribution is -2.65. The van der Waals surface area contributed by atoms with Gasteiger partial charge in [0.05, 0.1) is 0 Å². The third-order valence-corrected chi connectivity index (χ3v) is 4.81. The molecule has 0 saturated heterocycles. The van der Waals surface area contributed by atoms with Crippen LogP contribution in [0.1, 0.15) is 0 Å². The van der Waals surface area contributed by atoms with Crippen LogP contribution < -0.4 is 5.32 Å². The fraction of sp³-hybridized carbons (Fsp3) is 0.700. The molecule has 0 aromatic carbocycles. The molecule has 0 heterocycles. The van der Waals surface area contributed by atoms with E-state index in [0.29, 0.717) is 13.1 Å². The molecule has 1 N–H and O–H groups in total. The van der Waals surface area contributed by atoms with Crippen molar-refractivity contribution in [3.05, 3.63) is 12.7 Å². The van der Waals surface area contributed by atoms with Gasteiger partial charge < -0.3 is 10.1 Å². The SMILES string of the molecule is C=CC(=O)OCC(NC)S(=O)(=O)C(F)(F)C(F)(F)C(F)(F)C(F)(F)F. The van der Waals surface area contributed by atoms with E-state index < -0.39 is 51.1 Å². The van der Waals surface area contributed by atoms with Crippen LogP contribution in [0, 0.1) is 0 Å². The first-order chi connectivity index (χ1) is 10.9. The summed E-state index contributed by atoms with van der Waals surface area (Å²) in [6.07, 6.45) is -6.75. The standard InChI is InChI=1S/C10H10F9NO4S/c1-3-6(21)24-4-5(20-2)25(22,23)10(18,19)8(13,14)7(11,12)9(15,16)17/h3,5,20H,1,4H2,2H3. The molecule has 0 saturated carbocycles. The van der Waals surface area contributed by atoms with Gasteiger partial charge in [-0.2, -0.15) is 39.5 Å². The molecule has 0 rings (SSSR count). The van der Waals surface area contributed by atoms with E-state index in [0.717, 1.165) is 0 Å². The van der Waals surface area contributed by atoms with Gasteiger partial charge in [0.25, 0.3) is 0 Å². The Morgan fingerprint density at radius 1 is 1.08 bits per heavy atom. The molecule has 0 fully saturated rings. The number of sulfone groups is 1. The third kappa shape index (κ3) is 3.86. The summed E-state index contributed by atoms with van der Waals surface area (Å²) in [5.74, 6) is -16.1. The lowest BCUT2D eigenvalue weighted by atomic mass is 10.1. The largest absolute Gasteiger partial charge is 0.460 e. The summed E-state index contributed by atoms with van der Waals surface area (Å²) in [7, 11) is -6.17. The average Bonchev–Trinajstić information content (AvgIpc) is 2.45. The van der Waals surface area contributed by atoms with Gasteiger partial charge in [0.15, 0.2) is 5.37 Å². The molecule has 1 unspecified atom stereocenters. The predicted molar refractivity (Wildman–Crippen MR) is 63.8 cm³/mol. The highest BCUT2D eigenvalue weighted by Gasteiger charge is 2.85.